The highest BCUT2D eigenvalue weighted by Gasteiger charge is 2.36. The molecule has 2 aromatic carbocycles. The summed E-state index contributed by atoms with van der Waals surface area (Å²) in [7, 11) is -0.231. The molecule has 1 saturated heterocycles. The van der Waals surface area contributed by atoms with Crippen LogP contribution in [0.3, 0.4) is 0 Å². The summed E-state index contributed by atoms with van der Waals surface area (Å²) in [5.41, 5.74) is 1.12. The van der Waals surface area contributed by atoms with Gasteiger partial charge >= 0.3 is 7.12 Å². The van der Waals surface area contributed by atoms with Crippen LogP contribution in [-0.2, 0) is 9.31 Å². The molecular formula is C21H27BO2S. The molecule has 0 N–H and O–H groups in total. The lowest BCUT2D eigenvalue weighted by molar-refractivity contribution is 0.0742. The minimum absolute atomic E-state index is 0.231. The van der Waals surface area contributed by atoms with Gasteiger partial charge in [-0.05, 0) is 24.0 Å². The fraction of sp³-hybridized carbons (Fsp3) is 0.429. The Bertz CT molecular complexity index is 608. The monoisotopic (exact) mass is 354 g/mol. The van der Waals surface area contributed by atoms with E-state index in [1.807, 2.05) is 30.0 Å². The lowest BCUT2D eigenvalue weighted by Crippen LogP contribution is -2.50. The number of benzene rings is 2. The first-order valence-corrected chi connectivity index (χ1v) is 10.3. The molecule has 0 spiro atoms. The Balaban J connectivity index is 1.64. The van der Waals surface area contributed by atoms with Gasteiger partial charge in [-0.3, -0.25) is 0 Å². The quantitative estimate of drug-likeness (QED) is 0.495. The van der Waals surface area contributed by atoms with Gasteiger partial charge in [0, 0.05) is 11.5 Å². The third-order valence-electron chi connectivity index (χ3n) is 4.57. The van der Waals surface area contributed by atoms with Crippen molar-refractivity contribution in [3.8, 4) is 0 Å². The lowest BCUT2D eigenvalue weighted by Gasteiger charge is -2.35. The number of unbranched alkanes of at least 4 members (excludes halogenated alkanes) is 3. The zero-order chi connectivity index (χ0) is 17.3. The van der Waals surface area contributed by atoms with Crippen molar-refractivity contribution >= 4 is 24.3 Å². The number of hydrogen-bond donors (Lipinski definition) is 0. The lowest BCUT2D eigenvalue weighted by atomic mass is 9.77. The molecule has 1 heterocycles. The van der Waals surface area contributed by atoms with Crippen LogP contribution in [0.4, 0.5) is 0 Å². The maximum Gasteiger partial charge on any atom is 0.494 e. The highest BCUT2D eigenvalue weighted by Crippen LogP contribution is 2.32. The minimum atomic E-state index is -0.231. The molecule has 132 valence electrons. The molecule has 0 bridgehead atoms. The Kier molecular flexibility index (Phi) is 7.46. The summed E-state index contributed by atoms with van der Waals surface area (Å²) in [6.45, 7) is 2.99. The van der Waals surface area contributed by atoms with Crippen molar-refractivity contribution in [2.24, 2.45) is 0 Å². The molecule has 2 aromatic rings. The molecule has 0 aromatic heterocycles. The van der Waals surface area contributed by atoms with Gasteiger partial charge in [0.15, 0.2) is 0 Å². The van der Waals surface area contributed by atoms with E-state index in [1.54, 1.807) is 0 Å². The number of rotatable bonds is 8. The first-order chi connectivity index (χ1) is 12.4. The van der Waals surface area contributed by atoms with Crippen LogP contribution in [0.5, 0.6) is 0 Å². The Morgan fingerprint density at radius 3 is 2.40 bits per heavy atom. The molecule has 0 radical (unpaired) electrons. The Morgan fingerprint density at radius 2 is 1.68 bits per heavy atom. The van der Waals surface area contributed by atoms with Gasteiger partial charge in [0.05, 0.1) is 11.4 Å². The average molecular weight is 354 g/mol. The van der Waals surface area contributed by atoms with Gasteiger partial charge in [-0.2, -0.15) is 0 Å². The summed E-state index contributed by atoms with van der Waals surface area (Å²) >= 11 is 1.88. The maximum absolute atomic E-state index is 6.39. The van der Waals surface area contributed by atoms with E-state index in [-0.39, 0.29) is 13.2 Å². The molecule has 3 rings (SSSR count). The second-order valence-corrected chi connectivity index (χ2v) is 7.88. The summed E-state index contributed by atoms with van der Waals surface area (Å²) in [6.07, 6.45) is 6.44. The van der Waals surface area contributed by atoms with E-state index in [0.29, 0.717) is 5.25 Å². The van der Waals surface area contributed by atoms with E-state index in [4.69, 9.17) is 9.31 Å². The van der Waals surface area contributed by atoms with Crippen LogP contribution in [0.2, 0.25) is 0 Å². The van der Waals surface area contributed by atoms with Gasteiger partial charge in [0.2, 0.25) is 0 Å². The number of thioether (sulfide) groups is 1. The summed E-state index contributed by atoms with van der Waals surface area (Å²) in [4.78, 5) is 1.29. The fourth-order valence-electron chi connectivity index (χ4n) is 3.17. The van der Waals surface area contributed by atoms with Crippen molar-refractivity contribution in [1.29, 1.82) is 0 Å². The summed E-state index contributed by atoms with van der Waals surface area (Å²) in [5, 5.41) is 0.351. The normalized spacial score (nSPS) is 20.6. The third-order valence-corrected chi connectivity index (χ3v) is 5.86. The zero-order valence-corrected chi connectivity index (χ0v) is 15.8. The van der Waals surface area contributed by atoms with Crippen LogP contribution in [0.15, 0.2) is 65.6 Å². The predicted octanol–water partition coefficient (Wildman–Crippen LogP) is 4.93. The third kappa shape index (κ3) is 5.63. The molecule has 0 aliphatic carbocycles. The van der Waals surface area contributed by atoms with E-state index in [9.17, 15) is 0 Å². The van der Waals surface area contributed by atoms with E-state index in [2.05, 4.69) is 49.4 Å². The molecule has 1 fully saturated rings. The minimum Gasteiger partial charge on any atom is -0.406 e. The van der Waals surface area contributed by atoms with Crippen LogP contribution < -0.4 is 5.46 Å². The van der Waals surface area contributed by atoms with Crippen LogP contribution >= 0.6 is 11.8 Å². The van der Waals surface area contributed by atoms with Crippen molar-refractivity contribution in [1.82, 2.24) is 0 Å². The second-order valence-electron chi connectivity index (χ2n) is 6.57. The van der Waals surface area contributed by atoms with E-state index in [1.165, 1.54) is 30.6 Å². The van der Waals surface area contributed by atoms with Gasteiger partial charge in [0.1, 0.15) is 0 Å². The fourth-order valence-corrected chi connectivity index (χ4v) is 4.33. The second kappa shape index (κ2) is 10.1. The highest BCUT2D eigenvalue weighted by atomic mass is 32.2. The van der Waals surface area contributed by atoms with Crippen molar-refractivity contribution in [3.63, 3.8) is 0 Å². The van der Waals surface area contributed by atoms with Gasteiger partial charge < -0.3 is 9.31 Å². The van der Waals surface area contributed by atoms with Crippen LogP contribution in [0, 0.1) is 0 Å². The average Bonchev–Trinajstić information content (AvgIpc) is 2.68. The standard InChI is InChI=1S/C21H27BO2S/c1-2-3-4-11-16-20-21(25-19-14-9-6-10-15-19)17-23-22(24-20)18-12-7-5-8-13-18/h5-10,12-15,20-21H,2-4,11,16-17H2,1H3/t20-,21+/m1/s1. The Morgan fingerprint density at radius 1 is 0.960 bits per heavy atom. The maximum atomic E-state index is 6.39. The van der Waals surface area contributed by atoms with E-state index in [0.717, 1.165) is 18.5 Å². The van der Waals surface area contributed by atoms with E-state index >= 15 is 0 Å². The van der Waals surface area contributed by atoms with Crippen LogP contribution in [-0.4, -0.2) is 25.1 Å². The van der Waals surface area contributed by atoms with Gasteiger partial charge in [-0.25, -0.2) is 0 Å². The molecular weight excluding hydrogens is 327 g/mol. The Hall–Kier alpha value is -1.23. The SMILES string of the molecule is CCCCCC[C@H]1OB(c2ccccc2)OC[C@@H]1Sc1ccccc1. The summed E-state index contributed by atoms with van der Waals surface area (Å²) < 4.78 is 12.5. The van der Waals surface area contributed by atoms with Gasteiger partial charge in [0.25, 0.3) is 0 Å². The van der Waals surface area contributed by atoms with Crippen molar-refractivity contribution in [3.05, 3.63) is 60.7 Å². The van der Waals surface area contributed by atoms with Crippen LogP contribution in [0.1, 0.15) is 39.0 Å². The highest BCUT2D eigenvalue weighted by molar-refractivity contribution is 8.00. The van der Waals surface area contributed by atoms with Gasteiger partial charge in [-0.15, -0.1) is 11.8 Å². The molecule has 4 heteroatoms. The predicted molar refractivity (Wildman–Crippen MR) is 108 cm³/mol. The molecule has 2 atom stereocenters. The Labute approximate surface area is 156 Å². The van der Waals surface area contributed by atoms with Crippen molar-refractivity contribution in [2.45, 2.75) is 55.3 Å². The zero-order valence-electron chi connectivity index (χ0n) is 15.0. The molecule has 0 amide bonds. The molecule has 0 unspecified atom stereocenters. The first kappa shape index (κ1) is 18.6. The molecule has 1 aliphatic rings. The molecule has 25 heavy (non-hydrogen) atoms. The number of hydrogen-bond acceptors (Lipinski definition) is 3. The smallest absolute Gasteiger partial charge is 0.406 e. The largest absolute Gasteiger partial charge is 0.494 e. The first-order valence-electron chi connectivity index (χ1n) is 9.40. The summed E-state index contributed by atoms with van der Waals surface area (Å²) in [6, 6.07) is 20.9. The van der Waals surface area contributed by atoms with Crippen molar-refractivity contribution in [2.75, 3.05) is 6.61 Å². The van der Waals surface area contributed by atoms with Crippen LogP contribution in [0.25, 0.3) is 0 Å². The molecule has 0 saturated carbocycles. The van der Waals surface area contributed by atoms with Crippen molar-refractivity contribution < 1.29 is 9.31 Å². The molecule has 2 nitrogen and oxygen atoms in total. The topological polar surface area (TPSA) is 18.5 Å². The van der Waals surface area contributed by atoms with Gasteiger partial charge in [-0.1, -0.05) is 81.1 Å². The molecule has 1 aliphatic heterocycles. The van der Waals surface area contributed by atoms with E-state index < -0.39 is 0 Å². The summed E-state index contributed by atoms with van der Waals surface area (Å²) in [5.74, 6) is 0.